The molecule has 2 aliphatic rings. The van der Waals surface area contributed by atoms with Gasteiger partial charge in [-0.25, -0.2) is 9.97 Å². The van der Waals surface area contributed by atoms with Crippen LogP contribution >= 0.6 is 0 Å². The van der Waals surface area contributed by atoms with Crippen LogP contribution in [0.3, 0.4) is 0 Å². The molecule has 2 fully saturated rings. The molecule has 0 bridgehead atoms. The van der Waals surface area contributed by atoms with Crippen molar-refractivity contribution in [3.05, 3.63) is 17.0 Å². The van der Waals surface area contributed by atoms with Crippen molar-refractivity contribution in [1.82, 2.24) is 14.9 Å². The van der Waals surface area contributed by atoms with E-state index >= 15 is 0 Å². The van der Waals surface area contributed by atoms with Gasteiger partial charge in [0.1, 0.15) is 0 Å². The second-order valence-corrected chi connectivity index (χ2v) is 7.66. The average molecular weight is 302 g/mol. The van der Waals surface area contributed by atoms with Crippen LogP contribution in [0.2, 0.25) is 0 Å². The Kier molecular flexibility index (Phi) is 4.15. The normalized spacial score (nSPS) is 30.9. The second-order valence-electron chi connectivity index (χ2n) is 7.66. The number of anilines is 1. The molecule has 0 aromatic carbocycles. The highest BCUT2D eigenvalue weighted by Gasteiger charge is 2.43. The van der Waals surface area contributed by atoms with Gasteiger partial charge in [0.2, 0.25) is 5.95 Å². The van der Waals surface area contributed by atoms with E-state index in [9.17, 15) is 0 Å². The number of rotatable bonds is 3. The van der Waals surface area contributed by atoms with E-state index in [0.717, 1.165) is 35.2 Å². The Balaban J connectivity index is 1.70. The van der Waals surface area contributed by atoms with E-state index in [1.807, 2.05) is 0 Å². The minimum absolute atomic E-state index is 0.611. The van der Waals surface area contributed by atoms with Crippen molar-refractivity contribution in [2.24, 2.45) is 11.8 Å². The van der Waals surface area contributed by atoms with E-state index in [1.54, 1.807) is 0 Å². The standard InChI is InChI=1S/C18H30N4/c1-11-12(2)19-18(20-13(11)3)22(6)17-9-14-7-16(21(4)5)8-15(14)10-17/h14-17H,7-10H2,1-6H3/t14-,15+,16?,17?. The molecule has 4 heteroatoms. The first kappa shape index (κ1) is 15.7. The van der Waals surface area contributed by atoms with Gasteiger partial charge in [-0.05, 0) is 77.9 Å². The van der Waals surface area contributed by atoms with Gasteiger partial charge >= 0.3 is 0 Å². The average Bonchev–Trinajstić information content (AvgIpc) is 3.01. The number of aromatic nitrogens is 2. The third-order valence-corrected chi connectivity index (χ3v) is 6.18. The van der Waals surface area contributed by atoms with Gasteiger partial charge in [0.15, 0.2) is 0 Å². The van der Waals surface area contributed by atoms with Crippen LogP contribution in [0.15, 0.2) is 0 Å². The highest BCUT2D eigenvalue weighted by atomic mass is 15.3. The summed E-state index contributed by atoms with van der Waals surface area (Å²) < 4.78 is 0. The number of fused-ring (bicyclic) bond motifs is 1. The van der Waals surface area contributed by atoms with E-state index in [1.165, 1.54) is 31.2 Å². The molecule has 1 aromatic heterocycles. The molecule has 0 aliphatic heterocycles. The van der Waals surface area contributed by atoms with Crippen LogP contribution in [0.5, 0.6) is 0 Å². The van der Waals surface area contributed by atoms with Crippen LogP contribution in [-0.2, 0) is 0 Å². The topological polar surface area (TPSA) is 32.3 Å². The van der Waals surface area contributed by atoms with Crippen molar-refractivity contribution >= 4 is 5.95 Å². The van der Waals surface area contributed by atoms with Crippen molar-refractivity contribution in [1.29, 1.82) is 0 Å². The molecule has 122 valence electrons. The summed E-state index contributed by atoms with van der Waals surface area (Å²) in [4.78, 5) is 14.2. The van der Waals surface area contributed by atoms with Gasteiger partial charge in [-0.2, -0.15) is 0 Å². The van der Waals surface area contributed by atoms with Crippen LogP contribution in [0.1, 0.15) is 42.6 Å². The number of hydrogen-bond donors (Lipinski definition) is 0. The summed E-state index contributed by atoms with van der Waals surface area (Å²) in [6, 6.07) is 1.40. The summed E-state index contributed by atoms with van der Waals surface area (Å²) in [5, 5.41) is 0. The van der Waals surface area contributed by atoms with Gasteiger partial charge in [-0.15, -0.1) is 0 Å². The Morgan fingerprint density at radius 1 is 0.773 bits per heavy atom. The van der Waals surface area contributed by atoms with Gasteiger partial charge in [0.05, 0.1) is 0 Å². The smallest absolute Gasteiger partial charge is 0.225 e. The van der Waals surface area contributed by atoms with Gasteiger partial charge in [-0.1, -0.05) is 0 Å². The minimum atomic E-state index is 0.611. The first-order chi connectivity index (χ1) is 10.4. The third-order valence-electron chi connectivity index (χ3n) is 6.18. The van der Waals surface area contributed by atoms with Gasteiger partial charge in [0.25, 0.3) is 0 Å². The molecule has 0 N–H and O–H groups in total. The lowest BCUT2D eigenvalue weighted by atomic mass is 10.0. The Hall–Kier alpha value is -1.16. The second kappa shape index (κ2) is 5.80. The molecule has 1 heterocycles. The molecule has 0 radical (unpaired) electrons. The lowest BCUT2D eigenvalue weighted by Crippen LogP contribution is -2.33. The molecule has 0 spiro atoms. The maximum Gasteiger partial charge on any atom is 0.225 e. The largest absolute Gasteiger partial charge is 0.341 e. The molecular formula is C18H30N4. The van der Waals surface area contributed by atoms with Crippen molar-refractivity contribution in [2.75, 3.05) is 26.0 Å². The number of aryl methyl sites for hydroxylation is 2. The molecule has 2 aliphatic carbocycles. The zero-order valence-corrected chi connectivity index (χ0v) is 14.9. The van der Waals surface area contributed by atoms with Gasteiger partial charge in [-0.3, -0.25) is 0 Å². The minimum Gasteiger partial charge on any atom is -0.341 e. The lowest BCUT2D eigenvalue weighted by molar-refractivity contribution is 0.281. The molecule has 3 rings (SSSR count). The highest BCUT2D eigenvalue weighted by molar-refractivity contribution is 5.36. The third kappa shape index (κ3) is 2.73. The van der Waals surface area contributed by atoms with E-state index in [-0.39, 0.29) is 0 Å². The summed E-state index contributed by atoms with van der Waals surface area (Å²) in [6.45, 7) is 6.29. The fourth-order valence-corrected chi connectivity index (χ4v) is 4.37. The molecule has 0 amide bonds. The predicted octanol–water partition coefficient (Wildman–Crippen LogP) is 2.96. The maximum atomic E-state index is 4.72. The summed E-state index contributed by atoms with van der Waals surface area (Å²) in [5.41, 5.74) is 3.44. The Morgan fingerprint density at radius 2 is 1.23 bits per heavy atom. The SMILES string of the molecule is Cc1nc(N(C)C2C[C@H]3CC(N(C)C)C[C@H]3C2)nc(C)c1C. The zero-order chi connectivity index (χ0) is 16.0. The van der Waals surface area contributed by atoms with Crippen LogP contribution in [-0.4, -0.2) is 48.1 Å². The molecule has 0 saturated heterocycles. The number of hydrogen-bond acceptors (Lipinski definition) is 4. The monoisotopic (exact) mass is 302 g/mol. The van der Waals surface area contributed by atoms with Crippen molar-refractivity contribution < 1.29 is 0 Å². The van der Waals surface area contributed by atoms with Gasteiger partial charge in [0, 0.05) is 30.5 Å². The van der Waals surface area contributed by atoms with E-state index in [0.29, 0.717) is 6.04 Å². The first-order valence-corrected chi connectivity index (χ1v) is 8.58. The van der Waals surface area contributed by atoms with E-state index < -0.39 is 0 Å². The summed E-state index contributed by atoms with van der Waals surface area (Å²) in [6.07, 6.45) is 5.35. The first-order valence-electron chi connectivity index (χ1n) is 8.58. The quantitative estimate of drug-likeness (QED) is 0.859. The van der Waals surface area contributed by atoms with Crippen LogP contribution < -0.4 is 4.90 Å². The summed E-state index contributed by atoms with van der Waals surface area (Å²) >= 11 is 0. The fraction of sp³-hybridized carbons (Fsp3) is 0.778. The lowest BCUT2D eigenvalue weighted by Gasteiger charge is -2.27. The Morgan fingerprint density at radius 3 is 1.68 bits per heavy atom. The van der Waals surface area contributed by atoms with Crippen molar-refractivity contribution in [3.63, 3.8) is 0 Å². The predicted molar refractivity (Wildman–Crippen MR) is 91.4 cm³/mol. The van der Waals surface area contributed by atoms with Crippen molar-refractivity contribution in [3.8, 4) is 0 Å². The Labute approximate surface area is 134 Å². The van der Waals surface area contributed by atoms with Crippen LogP contribution in [0.4, 0.5) is 5.95 Å². The molecule has 4 nitrogen and oxygen atoms in total. The van der Waals surface area contributed by atoms with Crippen LogP contribution in [0, 0.1) is 32.6 Å². The highest BCUT2D eigenvalue weighted by Crippen LogP contribution is 2.46. The summed E-state index contributed by atoms with van der Waals surface area (Å²) in [7, 11) is 6.63. The molecule has 2 unspecified atom stereocenters. The van der Waals surface area contributed by atoms with Crippen molar-refractivity contribution in [2.45, 2.75) is 58.5 Å². The maximum absolute atomic E-state index is 4.72. The van der Waals surface area contributed by atoms with E-state index in [4.69, 9.17) is 9.97 Å². The summed E-state index contributed by atoms with van der Waals surface area (Å²) in [5.74, 6) is 2.70. The molecule has 2 saturated carbocycles. The van der Waals surface area contributed by atoms with E-state index in [2.05, 4.69) is 51.7 Å². The molecule has 4 atom stereocenters. The molecule has 22 heavy (non-hydrogen) atoms. The molecule has 1 aromatic rings. The molecular weight excluding hydrogens is 272 g/mol. The van der Waals surface area contributed by atoms with Crippen LogP contribution in [0.25, 0.3) is 0 Å². The van der Waals surface area contributed by atoms with Gasteiger partial charge < -0.3 is 9.80 Å². The zero-order valence-electron chi connectivity index (χ0n) is 14.9. The number of nitrogens with zero attached hydrogens (tertiary/aromatic N) is 4. The Bertz CT molecular complexity index is 517. The fourth-order valence-electron chi connectivity index (χ4n) is 4.37.